The van der Waals surface area contributed by atoms with E-state index in [2.05, 4.69) is 22.8 Å². The van der Waals surface area contributed by atoms with E-state index in [0.29, 0.717) is 6.54 Å². The molecule has 0 unspecified atom stereocenters. The zero-order valence-electron chi connectivity index (χ0n) is 12.3. The molecule has 0 atom stereocenters. The number of rotatable bonds is 5. The molecule has 0 aliphatic heterocycles. The molecule has 4 nitrogen and oxygen atoms in total. The van der Waals surface area contributed by atoms with Gasteiger partial charge in [-0.3, -0.25) is 4.79 Å². The van der Waals surface area contributed by atoms with E-state index in [4.69, 9.17) is 4.52 Å². The van der Waals surface area contributed by atoms with E-state index in [9.17, 15) is 4.79 Å². The van der Waals surface area contributed by atoms with Crippen molar-refractivity contribution in [1.29, 1.82) is 0 Å². The van der Waals surface area contributed by atoms with E-state index in [1.165, 1.54) is 24.0 Å². The molecular formula is C16H20N2O2S. The van der Waals surface area contributed by atoms with Crippen LogP contribution in [0.4, 0.5) is 0 Å². The maximum atomic E-state index is 12.3. The lowest BCUT2D eigenvalue weighted by atomic mass is 9.94. The van der Waals surface area contributed by atoms with Crippen LogP contribution in [0.15, 0.2) is 16.0 Å². The number of hydrogen-bond donors (Lipinski definition) is 1. The third-order valence-electron chi connectivity index (χ3n) is 3.85. The Bertz CT molecular complexity index is 630. The molecule has 1 N–H and O–H groups in total. The van der Waals surface area contributed by atoms with E-state index in [1.54, 1.807) is 11.3 Å². The molecule has 5 heteroatoms. The van der Waals surface area contributed by atoms with Gasteiger partial charge in [0.15, 0.2) is 5.76 Å². The summed E-state index contributed by atoms with van der Waals surface area (Å²) in [7, 11) is 0. The largest absolute Gasteiger partial charge is 0.359 e. The fraction of sp³-hybridized carbons (Fsp3) is 0.500. The van der Waals surface area contributed by atoms with Crippen molar-refractivity contribution in [1.82, 2.24) is 10.5 Å². The second-order valence-electron chi connectivity index (χ2n) is 5.49. The van der Waals surface area contributed by atoms with Crippen molar-refractivity contribution in [2.24, 2.45) is 0 Å². The monoisotopic (exact) mass is 304 g/mol. The summed E-state index contributed by atoms with van der Waals surface area (Å²) in [5.41, 5.74) is 3.57. The van der Waals surface area contributed by atoms with Crippen LogP contribution in [0.25, 0.3) is 0 Å². The Balaban J connectivity index is 1.62. The first kappa shape index (κ1) is 14.3. The van der Waals surface area contributed by atoms with Crippen LogP contribution in [0.3, 0.4) is 0 Å². The quantitative estimate of drug-likeness (QED) is 0.920. The van der Waals surface area contributed by atoms with Gasteiger partial charge in [-0.15, -0.1) is 11.3 Å². The second kappa shape index (κ2) is 6.43. The number of nitrogens with one attached hydrogen (secondary N) is 1. The maximum Gasteiger partial charge on any atom is 0.262 e. The number of carbonyl (C=O) groups excluding carboxylic acids is 1. The van der Waals surface area contributed by atoms with Gasteiger partial charge in [-0.05, 0) is 48.6 Å². The van der Waals surface area contributed by atoms with Crippen LogP contribution in [-0.2, 0) is 25.8 Å². The van der Waals surface area contributed by atoms with Gasteiger partial charge >= 0.3 is 0 Å². The van der Waals surface area contributed by atoms with Gasteiger partial charge in [-0.25, -0.2) is 0 Å². The Hall–Kier alpha value is -1.62. The predicted molar refractivity (Wildman–Crippen MR) is 82.6 cm³/mol. The summed E-state index contributed by atoms with van der Waals surface area (Å²) in [5.74, 6) is 0.730. The molecular weight excluding hydrogens is 284 g/mol. The molecule has 112 valence electrons. The molecule has 2 aromatic rings. The molecule has 2 heterocycles. The molecule has 1 amide bonds. The fourth-order valence-electron chi connectivity index (χ4n) is 2.77. The molecule has 0 saturated carbocycles. The minimum Gasteiger partial charge on any atom is -0.359 e. The number of thiophene rings is 1. The average Bonchev–Trinajstić information content (AvgIpc) is 3.12. The zero-order chi connectivity index (χ0) is 14.7. The molecule has 2 aromatic heterocycles. The maximum absolute atomic E-state index is 12.3. The number of carbonyl (C=O) groups is 1. The first-order valence-electron chi connectivity index (χ1n) is 7.60. The molecule has 0 spiro atoms. The number of hydrogen-bond acceptors (Lipinski definition) is 4. The predicted octanol–water partition coefficient (Wildman–Crippen LogP) is 3.50. The first-order valence-corrected chi connectivity index (χ1v) is 8.47. The normalized spacial score (nSPS) is 14.0. The van der Waals surface area contributed by atoms with Gasteiger partial charge in [-0.1, -0.05) is 18.5 Å². The van der Waals surface area contributed by atoms with Crippen LogP contribution < -0.4 is 5.32 Å². The Morgan fingerprint density at radius 3 is 3.14 bits per heavy atom. The Kier molecular flexibility index (Phi) is 4.39. The summed E-state index contributed by atoms with van der Waals surface area (Å²) in [6, 6.07) is 1.92. The molecule has 1 aliphatic carbocycles. The Labute approximate surface area is 128 Å². The van der Waals surface area contributed by atoms with Crippen molar-refractivity contribution in [3.8, 4) is 0 Å². The molecule has 3 rings (SSSR count). The Morgan fingerprint density at radius 1 is 1.43 bits per heavy atom. The van der Waals surface area contributed by atoms with E-state index in [1.807, 2.05) is 6.07 Å². The van der Waals surface area contributed by atoms with Crippen molar-refractivity contribution in [2.45, 2.75) is 52.0 Å². The average molecular weight is 304 g/mol. The van der Waals surface area contributed by atoms with Crippen molar-refractivity contribution in [3.05, 3.63) is 38.9 Å². The van der Waals surface area contributed by atoms with Crippen molar-refractivity contribution in [3.63, 3.8) is 0 Å². The molecule has 0 bridgehead atoms. The van der Waals surface area contributed by atoms with Crippen molar-refractivity contribution < 1.29 is 9.32 Å². The molecule has 0 radical (unpaired) electrons. The SMILES string of the molecule is CCCc1cc(CNC(=O)c2scc3c2CCCC3)on1. The van der Waals surface area contributed by atoms with Gasteiger partial charge in [-0.2, -0.15) is 0 Å². The summed E-state index contributed by atoms with van der Waals surface area (Å²) < 4.78 is 5.24. The standard InChI is InChI=1S/C16H20N2O2S/c1-2-5-12-8-13(20-18-12)9-17-16(19)15-14-7-4-3-6-11(14)10-21-15/h8,10H,2-7,9H2,1H3,(H,17,19). The summed E-state index contributed by atoms with van der Waals surface area (Å²) >= 11 is 1.56. The lowest BCUT2D eigenvalue weighted by Gasteiger charge is -2.12. The highest BCUT2D eigenvalue weighted by molar-refractivity contribution is 7.12. The molecule has 0 fully saturated rings. The van der Waals surface area contributed by atoms with Crippen LogP contribution >= 0.6 is 11.3 Å². The highest BCUT2D eigenvalue weighted by atomic mass is 32.1. The summed E-state index contributed by atoms with van der Waals surface area (Å²) in [4.78, 5) is 13.2. The van der Waals surface area contributed by atoms with Crippen LogP contribution in [0.5, 0.6) is 0 Å². The summed E-state index contributed by atoms with van der Waals surface area (Å²) in [6.07, 6.45) is 6.53. The number of nitrogens with zero attached hydrogens (tertiary/aromatic N) is 1. The smallest absolute Gasteiger partial charge is 0.262 e. The van der Waals surface area contributed by atoms with Crippen LogP contribution in [-0.4, -0.2) is 11.1 Å². The third kappa shape index (κ3) is 3.18. The van der Waals surface area contributed by atoms with E-state index in [-0.39, 0.29) is 5.91 Å². The van der Waals surface area contributed by atoms with Gasteiger partial charge in [0.2, 0.25) is 0 Å². The minimum atomic E-state index is 0.0107. The lowest BCUT2D eigenvalue weighted by molar-refractivity contribution is 0.0950. The third-order valence-corrected chi connectivity index (χ3v) is 4.92. The molecule has 1 aliphatic rings. The van der Waals surface area contributed by atoms with Crippen LogP contribution in [0.2, 0.25) is 0 Å². The second-order valence-corrected chi connectivity index (χ2v) is 6.37. The van der Waals surface area contributed by atoms with E-state index in [0.717, 1.165) is 42.0 Å². The van der Waals surface area contributed by atoms with Crippen LogP contribution in [0.1, 0.15) is 58.4 Å². The molecule has 0 saturated heterocycles. The lowest BCUT2D eigenvalue weighted by Crippen LogP contribution is -2.23. The van der Waals surface area contributed by atoms with E-state index < -0.39 is 0 Å². The van der Waals surface area contributed by atoms with Crippen molar-refractivity contribution in [2.75, 3.05) is 0 Å². The number of amides is 1. The highest BCUT2D eigenvalue weighted by Crippen LogP contribution is 2.29. The van der Waals surface area contributed by atoms with Gasteiger partial charge in [0.25, 0.3) is 5.91 Å². The fourth-order valence-corrected chi connectivity index (χ4v) is 3.85. The minimum absolute atomic E-state index is 0.0107. The Morgan fingerprint density at radius 2 is 2.29 bits per heavy atom. The van der Waals surface area contributed by atoms with Gasteiger partial charge in [0.1, 0.15) is 0 Å². The van der Waals surface area contributed by atoms with Gasteiger partial charge < -0.3 is 9.84 Å². The molecule has 21 heavy (non-hydrogen) atoms. The van der Waals surface area contributed by atoms with Crippen LogP contribution in [0, 0.1) is 0 Å². The first-order chi connectivity index (χ1) is 10.3. The molecule has 0 aromatic carbocycles. The van der Waals surface area contributed by atoms with Gasteiger partial charge in [0, 0.05) is 6.07 Å². The topological polar surface area (TPSA) is 55.1 Å². The number of fused-ring (bicyclic) bond motifs is 1. The highest BCUT2D eigenvalue weighted by Gasteiger charge is 2.20. The summed E-state index contributed by atoms with van der Waals surface area (Å²) in [6.45, 7) is 2.51. The zero-order valence-corrected chi connectivity index (χ0v) is 13.1. The van der Waals surface area contributed by atoms with Gasteiger partial charge in [0.05, 0.1) is 17.1 Å². The number of aryl methyl sites for hydroxylation is 2. The van der Waals surface area contributed by atoms with E-state index >= 15 is 0 Å². The van der Waals surface area contributed by atoms with Crippen molar-refractivity contribution >= 4 is 17.2 Å². The summed E-state index contributed by atoms with van der Waals surface area (Å²) in [5, 5.41) is 9.07. The number of aromatic nitrogens is 1.